The van der Waals surface area contributed by atoms with Crippen LogP contribution in [0.3, 0.4) is 0 Å². The van der Waals surface area contributed by atoms with E-state index in [0.717, 1.165) is 16.8 Å². The van der Waals surface area contributed by atoms with E-state index in [1.54, 1.807) is 0 Å². The summed E-state index contributed by atoms with van der Waals surface area (Å²) in [6.07, 6.45) is 0. The zero-order chi connectivity index (χ0) is 14.8. The second-order valence-electron chi connectivity index (χ2n) is 5.24. The molecule has 3 heteroatoms. The van der Waals surface area contributed by atoms with Crippen LogP contribution in [-0.4, -0.2) is 9.97 Å². The third kappa shape index (κ3) is 2.92. The van der Waals surface area contributed by atoms with Gasteiger partial charge in [-0.05, 0) is 26.0 Å². The van der Waals surface area contributed by atoms with Crippen LogP contribution in [0.1, 0.15) is 11.1 Å². The highest BCUT2D eigenvalue weighted by Gasteiger charge is 2.07. The van der Waals surface area contributed by atoms with E-state index >= 15 is 0 Å². The quantitative estimate of drug-likeness (QED) is 0.768. The highest BCUT2D eigenvalue weighted by Crippen LogP contribution is 2.24. The Morgan fingerprint density at radius 1 is 0.762 bits per heavy atom. The summed E-state index contributed by atoms with van der Waals surface area (Å²) >= 11 is 0. The molecule has 3 aromatic rings. The van der Waals surface area contributed by atoms with Crippen molar-refractivity contribution in [2.45, 2.75) is 13.8 Å². The van der Waals surface area contributed by atoms with Crippen molar-refractivity contribution in [2.75, 3.05) is 5.73 Å². The molecule has 0 saturated heterocycles. The molecule has 0 spiro atoms. The van der Waals surface area contributed by atoms with Gasteiger partial charge in [-0.3, -0.25) is 0 Å². The van der Waals surface area contributed by atoms with Crippen molar-refractivity contribution in [1.29, 1.82) is 0 Å². The number of anilines is 1. The maximum atomic E-state index is 5.96. The van der Waals surface area contributed by atoms with Gasteiger partial charge in [0.25, 0.3) is 0 Å². The maximum absolute atomic E-state index is 5.96. The average molecular weight is 275 g/mol. The van der Waals surface area contributed by atoms with E-state index in [4.69, 9.17) is 5.73 Å². The van der Waals surface area contributed by atoms with Gasteiger partial charge in [0.15, 0.2) is 5.82 Å². The molecular formula is C18H17N3. The number of benzene rings is 2. The van der Waals surface area contributed by atoms with Crippen LogP contribution in [-0.2, 0) is 0 Å². The van der Waals surface area contributed by atoms with E-state index in [0.29, 0.717) is 11.6 Å². The molecule has 0 aliphatic heterocycles. The lowest BCUT2D eigenvalue weighted by Gasteiger charge is -2.08. The Morgan fingerprint density at radius 3 is 2.10 bits per heavy atom. The predicted molar refractivity (Wildman–Crippen MR) is 86.8 cm³/mol. The summed E-state index contributed by atoms with van der Waals surface area (Å²) in [5.74, 6) is 1.14. The van der Waals surface area contributed by atoms with Gasteiger partial charge >= 0.3 is 0 Å². The van der Waals surface area contributed by atoms with Gasteiger partial charge in [0.05, 0.1) is 5.69 Å². The molecule has 0 saturated carbocycles. The zero-order valence-corrected chi connectivity index (χ0v) is 12.2. The minimum absolute atomic E-state index is 0.484. The van der Waals surface area contributed by atoms with E-state index in [-0.39, 0.29) is 0 Å². The van der Waals surface area contributed by atoms with Gasteiger partial charge in [-0.25, -0.2) is 9.97 Å². The number of nitrogens with zero attached hydrogens (tertiary/aromatic N) is 2. The normalized spacial score (nSPS) is 10.6. The van der Waals surface area contributed by atoms with Crippen molar-refractivity contribution in [3.63, 3.8) is 0 Å². The molecule has 0 bridgehead atoms. The van der Waals surface area contributed by atoms with Crippen molar-refractivity contribution >= 4 is 5.82 Å². The molecule has 2 aromatic carbocycles. The van der Waals surface area contributed by atoms with Crippen molar-refractivity contribution < 1.29 is 0 Å². The summed E-state index contributed by atoms with van der Waals surface area (Å²) in [6, 6.07) is 18.1. The van der Waals surface area contributed by atoms with E-state index in [1.807, 2.05) is 36.4 Å². The number of nitrogens with two attached hydrogens (primary N) is 1. The molecule has 1 aromatic heterocycles. The lowest BCUT2D eigenvalue weighted by Crippen LogP contribution is -1.98. The number of hydrogen-bond donors (Lipinski definition) is 1. The molecule has 2 N–H and O–H groups in total. The van der Waals surface area contributed by atoms with E-state index in [9.17, 15) is 0 Å². The van der Waals surface area contributed by atoms with E-state index in [2.05, 4.69) is 42.0 Å². The van der Waals surface area contributed by atoms with Gasteiger partial charge < -0.3 is 5.73 Å². The maximum Gasteiger partial charge on any atom is 0.162 e. The molecule has 3 nitrogen and oxygen atoms in total. The zero-order valence-electron chi connectivity index (χ0n) is 12.2. The van der Waals surface area contributed by atoms with Gasteiger partial charge in [-0.2, -0.15) is 0 Å². The summed E-state index contributed by atoms with van der Waals surface area (Å²) < 4.78 is 0. The first-order valence-electron chi connectivity index (χ1n) is 6.90. The topological polar surface area (TPSA) is 51.8 Å². The van der Waals surface area contributed by atoms with Crippen LogP contribution in [0, 0.1) is 13.8 Å². The Kier molecular flexibility index (Phi) is 3.40. The second kappa shape index (κ2) is 5.37. The summed E-state index contributed by atoms with van der Waals surface area (Å²) in [6.45, 7) is 4.16. The first-order valence-corrected chi connectivity index (χ1v) is 6.90. The van der Waals surface area contributed by atoms with Gasteiger partial charge in [0.1, 0.15) is 5.82 Å². The predicted octanol–water partition coefficient (Wildman–Crippen LogP) is 4.01. The molecule has 21 heavy (non-hydrogen) atoms. The number of nitrogen functional groups attached to an aromatic ring is 1. The lowest BCUT2D eigenvalue weighted by atomic mass is 10.0. The molecule has 0 fully saturated rings. The monoisotopic (exact) mass is 275 g/mol. The third-order valence-corrected chi connectivity index (χ3v) is 3.30. The van der Waals surface area contributed by atoms with Crippen LogP contribution in [0.2, 0.25) is 0 Å². The number of aromatic nitrogens is 2. The fraction of sp³-hybridized carbons (Fsp3) is 0.111. The Bertz CT molecular complexity index is 759. The van der Waals surface area contributed by atoms with Crippen LogP contribution in [0.5, 0.6) is 0 Å². The van der Waals surface area contributed by atoms with Crippen LogP contribution in [0.4, 0.5) is 5.82 Å². The molecule has 0 aliphatic carbocycles. The average Bonchev–Trinajstić information content (AvgIpc) is 2.46. The van der Waals surface area contributed by atoms with Crippen LogP contribution < -0.4 is 5.73 Å². The fourth-order valence-electron chi connectivity index (χ4n) is 2.45. The minimum atomic E-state index is 0.484. The smallest absolute Gasteiger partial charge is 0.162 e. The summed E-state index contributed by atoms with van der Waals surface area (Å²) in [5, 5.41) is 0. The standard InChI is InChI=1S/C18H17N3/c1-12-8-13(2)10-15(9-12)16-11-17(19)21-18(20-16)14-6-4-3-5-7-14/h3-11H,1-2H3,(H2,19,20,21). The summed E-state index contributed by atoms with van der Waals surface area (Å²) in [4.78, 5) is 9.01. The van der Waals surface area contributed by atoms with Crippen LogP contribution in [0.15, 0.2) is 54.6 Å². The minimum Gasteiger partial charge on any atom is -0.384 e. The largest absolute Gasteiger partial charge is 0.384 e. The van der Waals surface area contributed by atoms with Crippen molar-refractivity contribution in [3.05, 3.63) is 65.7 Å². The van der Waals surface area contributed by atoms with Crippen LogP contribution in [0.25, 0.3) is 22.6 Å². The fourth-order valence-corrected chi connectivity index (χ4v) is 2.45. The Balaban J connectivity index is 2.14. The van der Waals surface area contributed by atoms with Gasteiger partial charge in [-0.1, -0.05) is 47.5 Å². The highest BCUT2D eigenvalue weighted by atomic mass is 14.9. The Hall–Kier alpha value is -2.68. The molecule has 0 atom stereocenters. The number of aryl methyl sites for hydroxylation is 2. The molecule has 0 aliphatic rings. The second-order valence-corrected chi connectivity index (χ2v) is 5.24. The van der Waals surface area contributed by atoms with Crippen molar-refractivity contribution in [3.8, 4) is 22.6 Å². The molecule has 0 unspecified atom stereocenters. The number of hydrogen-bond acceptors (Lipinski definition) is 3. The Morgan fingerprint density at radius 2 is 1.43 bits per heavy atom. The SMILES string of the molecule is Cc1cc(C)cc(-c2cc(N)nc(-c3ccccc3)n2)c1. The van der Waals surface area contributed by atoms with Crippen LogP contribution >= 0.6 is 0 Å². The third-order valence-electron chi connectivity index (χ3n) is 3.30. The highest BCUT2D eigenvalue weighted by molar-refractivity contribution is 5.67. The van der Waals surface area contributed by atoms with Gasteiger partial charge in [0, 0.05) is 17.2 Å². The van der Waals surface area contributed by atoms with E-state index < -0.39 is 0 Å². The first-order chi connectivity index (χ1) is 10.1. The summed E-state index contributed by atoms with van der Waals surface area (Å²) in [5.41, 5.74) is 11.3. The molecule has 3 rings (SSSR count). The molecular weight excluding hydrogens is 258 g/mol. The Labute approximate surface area is 124 Å². The molecule has 104 valence electrons. The molecule has 0 radical (unpaired) electrons. The summed E-state index contributed by atoms with van der Waals surface area (Å²) in [7, 11) is 0. The van der Waals surface area contributed by atoms with E-state index in [1.165, 1.54) is 11.1 Å². The molecule has 0 amide bonds. The van der Waals surface area contributed by atoms with Gasteiger partial charge in [0.2, 0.25) is 0 Å². The number of rotatable bonds is 2. The van der Waals surface area contributed by atoms with Gasteiger partial charge in [-0.15, -0.1) is 0 Å². The first kappa shape index (κ1) is 13.3. The van der Waals surface area contributed by atoms with Crippen molar-refractivity contribution in [2.24, 2.45) is 0 Å². The lowest BCUT2D eigenvalue weighted by molar-refractivity contribution is 1.18. The van der Waals surface area contributed by atoms with Crippen molar-refractivity contribution in [1.82, 2.24) is 9.97 Å². The molecule has 1 heterocycles.